The summed E-state index contributed by atoms with van der Waals surface area (Å²) in [7, 11) is -7.36. The van der Waals surface area contributed by atoms with Gasteiger partial charge in [-0.1, -0.05) is 93.9 Å². The van der Waals surface area contributed by atoms with E-state index in [-0.39, 0.29) is 25.0 Å². The average molecular weight is 719 g/mol. The number of ether oxygens (including phenoxy) is 2. The van der Waals surface area contributed by atoms with Crippen molar-refractivity contribution in [3.05, 3.63) is 150 Å². The maximum absolute atomic E-state index is 13.4. The zero-order valence-electron chi connectivity index (χ0n) is 29.7. The molecule has 0 bridgehead atoms. The lowest BCUT2D eigenvalue weighted by Crippen LogP contribution is -2.28. The van der Waals surface area contributed by atoms with Gasteiger partial charge in [0, 0.05) is 10.8 Å². The molecule has 262 valence electrons. The lowest BCUT2D eigenvalue weighted by molar-refractivity contribution is 0.0845. The predicted molar refractivity (Wildman–Crippen MR) is 202 cm³/mol. The highest BCUT2D eigenvalue weighted by Crippen LogP contribution is 2.39. The minimum atomic E-state index is -3.70. The number of benzene rings is 6. The van der Waals surface area contributed by atoms with Gasteiger partial charge in [0.25, 0.3) is 0 Å². The zero-order valence-corrected chi connectivity index (χ0v) is 31.3. The molecule has 6 aromatic carbocycles. The van der Waals surface area contributed by atoms with Crippen LogP contribution in [-0.4, -0.2) is 16.8 Å². The first-order valence-corrected chi connectivity index (χ1v) is 19.9. The van der Waals surface area contributed by atoms with Crippen LogP contribution in [0.1, 0.15) is 57.7 Å². The minimum Gasteiger partial charge on any atom is -0.482 e. The maximum atomic E-state index is 13.4. The fourth-order valence-corrected chi connectivity index (χ4v) is 8.45. The van der Waals surface area contributed by atoms with E-state index in [2.05, 4.69) is 20.8 Å². The summed E-state index contributed by atoms with van der Waals surface area (Å²) in [4.78, 5) is 0.910. The van der Waals surface area contributed by atoms with E-state index >= 15 is 0 Å². The molecule has 0 saturated heterocycles. The van der Waals surface area contributed by atoms with Crippen molar-refractivity contribution in [3.8, 4) is 17.2 Å². The Kier molecular flexibility index (Phi) is 9.61. The Labute approximate surface area is 301 Å². The molecule has 6 aromatic rings. The van der Waals surface area contributed by atoms with Crippen LogP contribution in [0.15, 0.2) is 153 Å². The van der Waals surface area contributed by atoms with E-state index in [4.69, 9.17) is 9.47 Å². The maximum Gasteiger partial charge on any atom is 0.206 e. The normalized spacial score (nSPS) is 13.5. The van der Waals surface area contributed by atoms with Crippen LogP contribution in [0.3, 0.4) is 0 Å². The molecule has 6 nitrogen and oxygen atoms in total. The number of hydrogen-bond donors (Lipinski definition) is 0. The minimum absolute atomic E-state index is 0.0760. The van der Waals surface area contributed by atoms with Gasteiger partial charge >= 0.3 is 0 Å². The molecule has 8 heteroatoms. The van der Waals surface area contributed by atoms with E-state index in [0.29, 0.717) is 23.7 Å². The van der Waals surface area contributed by atoms with Crippen LogP contribution in [0.2, 0.25) is 0 Å². The van der Waals surface area contributed by atoms with E-state index in [1.54, 1.807) is 72.8 Å². The Hall–Kier alpha value is -4.92. The SMILES string of the molecule is CCC(C)(Oc1cccc2c(Oc3ccc(S(=O)(=O)c4ccc(C(C)(C)C)cc4)cc3)cccc12)c1ccc(S(=O)(=O)c2ccc(C)cc2)cc1. The number of sulfone groups is 2. The molecule has 0 aliphatic heterocycles. The molecule has 1 unspecified atom stereocenters. The number of fused-ring (bicyclic) bond motifs is 1. The van der Waals surface area contributed by atoms with Crippen molar-refractivity contribution < 1.29 is 26.3 Å². The van der Waals surface area contributed by atoms with Crippen LogP contribution in [0, 0.1) is 6.92 Å². The van der Waals surface area contributed by atoms with Crippen molar-refractivity contribution in [2.45, 2.75) is 78.6 Å². The van der Waals surface area contributed by atoms with Gasteiger partial charge in [-0.05, 0) is 110 Å². The van der Waals surface area contributed by atoms with Crippen molar-refractivity contribution in [2.75, 3.05) is 0 Å². The summed E-state index contributed by atoms with van der Waals surface area (Å²) < 4.78 is 66.3. The highest BCUT2D eigenvalue weighted by Gasteiger charge is 2.29. The highest BCUT2D eigenvalue weighted by molar-refractivity contribution is 7.91. The van der Waals surface area contributed by atoms with Gasteiger partial charge in [-0.25, -0.2) is 16.8 Å². The molecule has 0 aliphatic carbocycles. The molecule has 1 atom stereocenters. The van der Waals surface area contributed by atoms with Crippen LogP contribution in [-0.2, 0) is 30.7 Å². The summed E-state index contributed by atoms with van der Waals surface area (Å²) >= 11 is 0. The van der Waals surface area contributed by atoms with Gasteiger partial charge in [-0.2, -0.15) is 0 Å². The number of rotatable bonds is 10. The summed E-state index contributed by atoms with van der Waals surface area (Å²) in [5, 5.41) is 1.66. The van der Waals surface area contributed by atoms with Crippen LogP contribution < -0.4 is 9.47 Å². The first-order chi connectivity index (χ1) is 24.1. The molecule has 0 saturated carbocycles. The molecular formula is C43H42O6S2. The third-order valence-electron chi connectivity index (χ3n) is 9.35. The molecule has 0 aromatic heterocycles. The molecule has 51 heavy (non-hydrogen) atoms. The van der Waals surface area contributed by atoms with Gasteiger partial charge in [-0.15, -0.1) is 0 Å². The number of aryl methyl sites for hydroxylation is 1. The Balaban J connectivity index is 1.23. The summed E-state index contributed by atoms with van der Waals surface area (Å²) in [6.07, 6.45) is 0.625. The quantitative estimate of drug-likeness (QED) is 0.140. The van der Waals surface area contributed by atoms with E-state index in [0.717, 1.165) is 27.5 Å². The summed E-state index contributed by atoms with van der Waals surface area (Å²) in [5.74, 6) is 1.74. The second-order valence-corrected chi connectivity index (χ2v) is 17.9. The number of hydrogen-bond acceptors (Lipinski definition) is 6. The molecule has 6 rings (SSSR count). The van der Waals surface area contributed by atoms with E-state index in [1.165, 1.54) is 0 Å². The van der Waals surface area contributed by atoms with E-state index in [9.17, 15) is 16.8 Å². The van der Waals surface area contributed by atoms with Crippen LogP contribution in [0.25, 0.3) is 10.8 Å². The van der Waals surface area contributed by atoms with Crippen LogP contribution >= 0.6 is 0 Å². The monoisotopic (exact) mass is 718 g/mol. The Bertz CT molecular complexity index is 2390. The van der Waals surface area contributed by atoms with Gasteiger partial charge < -0.3 is 9.47 Å². The first-order valence-electron chi connectivity index (χ1n) is 16.9. The van der Waals surface area contributed by atoms with Crippen molar-refractivity contribution in [3.63, 3.8) is 0 Å². The molecule has 0 fully saturated rings. The molecule has 0 spiro atoms. The lowest BCUT2D eigenvalue weighted by Gasteiger charge is -2.31. The predicted octanol–water partition coefficient (Wildman–Crippen LogP) is 10.6. The third-order valence-corrected chi connectivity index (χ3v) is 12.9. The Morgan fingerprint density at radius 2 is 0.922 bits per heavy atom. The van der Waals surface area contributed by atoms with E-state index < -0.39 is 25.3 Å². The molecular weight excluding hydrogens is 677 g/mol. The van der Waals surface area contributed by atoms with Gasteiger partial charge in [0.1, 0.15) is 22.8 Å². The Morgan fingerprint density at radius 1 is 0.510 bits per heavy atom. The van der Waals surface area contributed by atoms with Gasteiger partial charge in [-0.3, -0.25) is 0 Å². The lowest BCUT2D eigenvalue weighted by atomic mass is 9.87. The summed E-state index contributed by atoms with van der Waals surface area (Å²) in [6.45, 7) is 12.2. The van der Waals surface area contributed by atoms with Crippen molar-refractivity contribution in [2.24, 2.45) is 0 Å². The Morgan fingerprint density at radius 3 is 1.39 bits per heavy atom. The van der Waals surface area contributed by atoms with Crippen LogP contribution in [0.5, 0.6) is 17.2 Å². The largest absolute Gasteiger partial charge is 0.482 e. The third kappa shape index (κ3) is 7.30. The van der Waals surface area contributed by atoms with Crippen molar-refractivity contribution in [1.82, 2.24) is 0 Å². The molecule has 0 aliphatic rings. The second kappa shape index (κ2) is 13.7. The van der Waals surface area contributed by atoms with Crippen molar-refractivity contribution >= 4 is 30.4 Å². The van der Waals surface area contributed by atoms with Gasteiger partial charge in [0.2, 0.25) is 19.7 Å². The first kappa shape index (κ1) is 35.9. The van der Waals surface area contributed by atoms with E-state index in [1.807, 2.05) is 81.4 Å². The highest BCUT2D eigenvalue weighted by atomic mass is 32.2. The summed E-state index contributed by atoms with van der Waals surface area (Å²) in [6, 6.07) is 38.7. The molecule has 0 radical (unpaired) electrons. The topological polar surface area (TPSA) is 86.7 Å². The zero-order chi connectivity index (χ0) is 36.6. The fourth-order valence-electron chi connectivity index (χ4n) is 5.93. The van der Waals surface area contributed by atoms with Crippen molar-refractivity contribution in [1.29, 1.82) is 0 Å². The fraction of sp³-hybridized carbons (Fsp3) is 0.209. The molecule has 0 amide bonds. The van der Waals surface area contributed by atoms with Gasteiger partial charge in [0.05, 0.1) is 19.6 Å². The average Bonchev–Trinajstić information content (AvgIpc) is 3.12. The second-order valence-electron chi connectivity index (χ2n) is 14.0. The molecule has 0 N–H and O–H groups in total. The molecule has 0 heterocycles. The summed E-state index contributed by atoms with van der Waals surface area (Å²) in [5.41, 5.74) is 2.07. The van der Waals surface area contributed by atoms with Crippen LogP contribution in [0.4, 0.5) is 0 Å². The smallest absolute Gasteiger partial charge is 0.206 e. The van der Waals surface area contributed by atoms with Gasteiger partial charge in [0.15, 0.2) is 0 Å². The standard InChI is InChI=1S/C43H42O6S2/c1-7-43(6,32-18-26-36(27-19-32)50(44,45)34-22-14-30(2)15-23-34)49-41-13-9-10-38-39(41)11-8-12-40(38)48-33-20-28-37(29-21-33)51(46,47)35-24-16-31(17-25-35)42(3,4)5/h8-29H,7H2,1-6H3.